The van der Waals surface area contributed by atoms with Crippen LogP contribution in [0.5, 0.6) is 0 Å². The number of piperazine rings is 1. The Morgan fingerprint density at radius 2 is 1.88 bits per heavy atom. The Morgan fingerprint density at radius 3 is 2.35 bits per heavy atom. The summed E-state index contributed by atoms with van der Waals surface area (Å²) < 4.78 is 5.04. The van der Waals surface area contributed by atoms with Gasteiger partial charge in [0.25, 0.3) is 0 Å². The van der Waals surface area contributed by atoms with E-state index in [9.17, 15) is 9.59 Å². The topological polar surface area (TPSA) is 49.9 Å². The predicted octanol–water partition coefficient (Wildman–Crippen LogP) is -0.203. The fourth-order valence-electron chi connectivity index (χ4n) is 2.05. The van der Waals surface area contributed by atoms with E-state index < -0.39 is 5.54 Å². The van der Waals surface area contributed by atoms with E-state index in [1.807, 2.05) is 13.8 Å². The number of methoxy groups -OCH3 is 1. The van der Waals surface area contributed by atoms with Crippen molar-refractivity contribution in [1.82, 2.24) is 9.80 Å². The fourth-order valence-corrected chi connectivity index (χ4v) is 2.05. The predicted molar refractivity (Wildman–Crippen MR) is 65.0 cm³/mol. The number of carbonyl (C=O) groups excluding carboxylic acids is 2. The maximum atomic E-state index is 11.5. The summed E-state index contributed by atoms with van der Waals surface area (Å²) in [6.45, 7) is 8.75. The second-order valence-corrected chi connectivity index (χ2v) is 4.86. The quantitative estimate of drug-likeness (QED) is 0.477. The SMILES string of the molecule is COCCN1CCN(C(C)(C)C(=O)C=O)CC1. The number of ether oxygens (including phenoxy) is 1. The normalized spacial score (nSPS) is 19.2. The summed E-state index contributed by atoms with van der Waals surface area (Å²) in [4.78, 5) is 26.5. The second kappa shape index (κ2) is 6.23. The van der Waals surface area contributed by atoms with Crippen molar-refractivity contribution in [3.05, 3.63) is 0 Å². The molecule has 0 amide bonds. The van der Waals surface area contributed by atoms with Crippen LogP contribution >= 0.6 is 0 Å². The smallest absolute Gasteiger partial charge is 0.214 e. The summed E-state index contributed by atoms with van der Waals surface area (Å²) in [5.41, 5.74) is -0.672. The molecule has 0 saturated carbocycles. The fraction of sp³-hybridized carbons (Fsp3) is 0.833. The molecule has 0 atom stereocenters. The first-order valence-corrected chi connectivity index (χ1v) is 5.98. The van der Waals surface area contributed by atoms with Gasteiger partial charge in [0.15, 0.2) is 6.29 Å². The number of ketones is 1. The standard InChI is InChI=1S/C12H22N2O3/c1-12(2,11(16)10-15)14-6-4-13(5-7-14)8-9-17-3/h10H,4-9H2,1-3H3. The van der Waals surface area contributed by atoms with Gasteiger partial charge in [0.05, 0.1) is 12.1 Å². The van der Waals surface area contributed by atoms with Crippen LogP contribution in [0.4, 0.5) is 0 Å². The third-order valence-electron chi connectivity index (χ3n) is 3.48. The first-order valence-electron chi connectivity index (χ1n) is 5.98. The van der Waals surface area contributed by atoms with E-state index in [0.717, 1.165) is 39.3 Å². The maximum Gasteiger partial charge on any atom is 0.214 e. The summed E-state index contributed by atoms with van der Waals surface area (Å²) in [6.07, 6.45) is 0.428. The van der Waals surface area contributed by atoms with Gasteiger partial charge in [0.1, 0.15) is 0 Å². The lowest BCUT2D eigenvalue weighted by molar-refractivity contribution is -0.138. The van der Waals surface area contributed by atoms with Crippen molar-refractivity contribution in [3.8, 4) is 0 Å². The molecule has 1 fully saturated rings. The van der Waals surface area contributed by atoms with Crippen LogP contribution < -0.4 is 0 Å². The van der Waals surface area contributed by atoms with E-state index in [0.29, 0.717) is 6.29 Å². The molecule has 0 aromatic rings. The molecule has 5 nitrogen and oxygen atoms in total. The molecule has 17 heavy (non-hydrogen) atoms. The van der Waals surface area contributed by atoms with E-state index in [4.69, 9.17) is 4.74 Å². The zero-order valence-electron chi connectivity index (χ0n) is 10.9. The van der Waals surface area contributed by atoms with Crippen LogP contribution in [0.25, 0.3) is 0 Å². The minimum Gasteiger partial charge on any atom is -0.383 e. The lowest BCUT2D eigenvalue weighted by Gasteiger charge is -2.42. The Morgan fingerprint density at radius 1 is 1.29 bits per heavy atom. The van der Waals surface area contributed by atoms with Crippen LogP contribution in [-0.2, 0) is 14.3 Å². The van der Waals surface area contributed by atoms with Gasteiger partial charge in [-0.1, -0.05) is 0 Å². The van der Waals surface area contributed by atoms with Crippen molar-refractivity contribution in [2.75, 3.05) is 46.4 Å². The van der Waals surface area contributed by atoms with E-state index in [2.05, 4.69) is 9.80 Å². The first kappa shape index (κ1) is 14.3. The minimum atomic E-state index is -0.672. The molecule has 0 bridgehead atoms. The highest BCUT2D eigenvalue weighted by atomic mass is 16.5. The summed E-state index contributed by atoms with van der Waals surface area (Å²) in [7, 11) is 1.70. The molecule has 0 aromatic heterocycles. The van der Waals surface area contributed by atoms with Gasteiger partial charge in [-0.3, -0.25) is 19.4 Å². The van der Waals surface area contributed by atoms with Crippen molar-refractivity contribution < 1.29 is 14.3 Å². The number of hydrogen-bond donors (Lipinski definition) is 0. The van der Waals surface area contributed by atoms with Crippen LogP contribution in [0.15, 0.2) is 0 Å². The average Bonchev–Trinajstić information content (AvgIpc) is 2.35. The highest BCUT2D eigenvalue weighted by molar-refractivity contribution is 6.29. The maximum absolute atomic E-state index is 11.5. The molecule has 0 N–H and O–H groups in total. The monoisotopic (exact) mass is 242 g/mol. The van der Waals surface area contributed by atoms with Crippen LogP contribution in [0.2, 0.25) is 0 Å². The van der Waals surface area contributed by atoms with Gasteiger partial charge in [0, 0.05) is 39.8 Å². The van der Waals surface area contributed by atoms with Gasteiger partial charge in [0.2, 0.25) is 5.78 Å². The van der Waals surface area contributed by atoms with Crippen molar-refractivity contribution in [1.29, 1.82) is 0 Å². The minimum absolute atomic E-state index is 0.345. The lowest BCUT2D eigenvalue weighted by Crippen LogP contribution is -2.58. The van der Waals surface area contributed by atoms with Crippen LogP contribution in [0.1, 0.15) is 13.8 Å². The summed E-state index contributed by atoms with van der Waals surface area (Å²) in [5.74, 6) is -0.345. The van der Waals surface area contributed by atoms with Gasteiger partial charge < -0.3 is 4.74 Å². The Balaban J connectivity index is 2.45. The van der Waals surface area contributed by atoms with Gasteiger partial charge in [-0.2, -0.15) is 0 Å². The van der Waals surface area contributed by atoms with Crippen LogP contribution in [0.3, 0.4) is 0 Å². The Hall–Kier alpha value is -0.780. The number of carbonyl (C=O) groups is 2. The molecule has 1 aliphatic heterocycles. The molecule has 1 heterocycles. The average molecular weight is 242 g/mol. The molecule has 0 aromatic carbocycles. The molecule has 0 unspecified atom stereocenters. The highest BCUT2D eigenvalue weighted by Gasteiger charge is 2.35. The number of hydrogen-bond acceptors (Lipinski definition) is 5. The molecule has 1 rings (SSSR count). The van der Waals surface area contributed by atoms with Gasteiger partial charge >= 0.3 is 0 Å². The van der Waals surface area contributed by atoms with Crippen molar-refractivity contribution in [2.24, 2.45) is 0 Å². The lowest BCUT2D eigenvalue weighted by atomic mass is 9.96. The van der Waals surface area contributed by atoms with E-state index in [1.165, 1.54) is 0 Å². The molecule has 5 heteroatoms. The van der Waals surface area contributed by atoms with Crippen molar-refractivity contribution >= 4 is 12.1 Å². The molecule has 0 radical (unpaired) electrons. The number of nitrogens with zero attached hydrogens (tertiary/aromatic N) is 2. The number of aldehydes is 1. The van der Waals surface area contributed by atoms with E-state index in [1.54, 1.807) is 7.11 Å². The molecule has 0 aliphatic carbocycles. The molecule has 1 aliphatic rings. The largest absolute Gasteiger partial charge is 0.383 e. The third kappa shape index (κ3) is 3.59. The Kier molecular flexibility index (Phi) is 5.24. The van der Waals surface area contributed by atoms with Crippen molar-refractivity contribution in [2.45, 2.75) is 19.4 Å². The summed E-state index contributed by atoms with van der Waals surface area (Å²) in [6, 6.07) is 0. The van der Waals surface area contributed by atoms with E-state index >= 15 is 0 Å². The molecule has 0 spiro atoms. The van der Waals surface area contributed by atoms with Gasteiger partial charge in [-0.05, 0) is 13.8 Å². The zero-order chi connectivity index (χ0) is 12.9. The number of rotatable bonds is 6. The van der Waals surface area contributed by atoms with Crippen LogP contribution in [0, 0.1) is 0 Å². The summed E-state index contributed by atoms with van der Waals surface area (Å²) >= 11 is 0. The number of Topliss-reactive ketones (excluding diaryl/α,β-unsaturated/α-hetero) is 1. The van der Waals surface area contributed by atoms with E-state index in [-0.39, 0.29) is 5.78 Å². The third-order valence-corrected chi connectivity index (χ3v) is 3.48. The van der Waals surface area contributed by atoms with Gasteiger partial charge in [-0.25, -0.2) is 0 Å². The summed E-state index contributed by atoms with van der Waals surface area (Å²) in [5, 5.41) is 0. The van der Waals surface area contributed by atoms with Crippen molar-refractivity contribution in [3.63, 3.8) is 0 Å². The zero-order valence-corrected chi connectivity index (χ0v) is 10.9. The molecular formula is C12H22N2O3. The van der Waals surface area contributed by atoms with Crippen LogP contribution in [-0.4, -0.2) is 73.8 Å². The Bertz CT molecular complexity index is 271. The van der Waals surface area contributed by atoms with Gasteiger partial charge in [-0.15, -0.1) is 0 Å². The Labute approximate surface area is 103 Å². The molecule has 98 valence electrons. The first-order chi connectivity index (χ1) is 8.02. The molecular weight excluding hydrogens is 220 g/mol. The molecule has 1 saturated heterocycles. The highest BCUT2D eigenvalue weighted by Crippen LogP contribution is 2.17. The second-order valence-electron chi connectivity index (χ2n) is 4.86.